The van der Waals surface area contributed by atoms with E-state index in [-0.39, 0.29) is 5.91 Å². The van der Waals surface area contributed by atoms with Crippen LogP contribution in [-0.4, -0.2) is 61.4 Å². The van der Waals surface area contributed by atoms with Crippen molar-refractivity contribution in [1.29, 1.82) is 0 Å². The summed E-state index contributed by atoms with van der Waals surface area (Å²) in [4.78, 5) is 26.2. The third-order valence-electron chi connectivity index (χ3n) is 3.65. The first-order valence-electron chi connectivity index (χ1n) is 7.66. The summed E-state index contributed by atoms with van der Waals surface area (Å²) in [6.45, 7) is 5.70. The van der Waals surface area contributed by atoms with Crippen LogP contribution in [0.3, 0.4) is 0 Å². The Bertz CT molecular complexity index is 482. The zero-order valence-electron chi connectivity index (χ0n) is 13.0. The van der Waals surface area contributed by atoms with E-state index in [4.69, 9.17) is 4.74 Å². The summed E-state index contributed by atoms with van der Waals surface area (Å²) in [5.74, 6) is 0.973. The van der Waals surface area contributed by atoms with E-state index < -0.39 is 0 Å². The number of nitrogens with zero attached hydrogens (tertiary/aromatic N) is 2. The lowest BCUT2D eigenvalue weighted by molar-refractivity contribution is -0.134. The zero-order chi connectivity index (χ0) is 15.8. The Morgan fingerprint density at radius 2 is 1.91 bits per heavy atom. The Morgan fingerprint density at radius 3 is 2.50 bits per heavy atom. The van der Waals surface area contributed by atoms with Gasteiger partial charge in [0, 0.05) is 44.8 Å². The molecule has 1 aromatic rings. The van der Waals surface area contributed by atoms with Crippen molar-refractivity contribution in [3.63, 3.8) is 0 Å². The van der Waals surface area contributed by atoms with Crippen molar-refractivity contribution < 1.29 is 14.3 Å². The topological polar surface area (TPSA) is 61.9 Å². The smallest absolute Gasteiger partial charge is 0.224 e. The van der Waals surface area contributed by atoms with E-state index in [1.165, 1.54) is 0 Å². The molecule has 2 rings (SSSR count). The summed E-state index contributed by atoms with van der Waals surface area (Å²) in [7, 11) is 0. The molecule has 0 aromatic heterocycles. The van der Waals surface area contributed by atoms with E-state index in [9.17, 15) is 9.59 Å². The highest BCUT2D eigenvalue weighted by Gasteiger charge is 2.19. The molecule has 0 aliphatic carbocycles. The Hall–Kier alpha value is -2.24. The predicted molar refractivity (Wildman–Crippen MR) is 84.9 cm³/mol. The maximum atomic E-state index is 12.1. The maximum Gasteiger partial charge on any atom is 0.224 e. The lowest BCUT2D eigenvalue weighted by atomic mass is 10.2. The number of ether oxygens (including phenoxy) is 1. The third kappa shape index (κ3) is 4.65. The van der Waals surface area contributed by atoms with Gasteiger partial charge < -0.3 is 19.9 Å². The van der Waals surface area contributed by atoms with Crippen molar-refractivity contribution in [2.24, 2.45) is 0 Å². The Labute approximate surface area is 131 Å². The van der Waals surface area contributed by atoms with Gasteiger partial charge in [-0.15, -0.1) is 0 Å². The van der Waals surface area contributed by atoms with Gasteiger partial charge in [-0.05, 0) is 31.2 Å². The first-order chi connectivity index (χ1) is 10.7. The van der Waals surface area contributed by atoms with Crippen LogP contribution >= 0.6 is 0 Å². The van der Waals surface area contributed by atoms with Crippen LogP contribution in [0.4, 0.5) is 5.69 Å². The number of rotatable bonds is 7. The maximum absolute atomic E-state index is 12.1. The molecule has 0 unspecified atom stereocenters. The summed E-state index contributed by atoms with van der Waals surface area (Å²) < 4.78 is 5.38. The van der Waals surface area contributed by atoms with Crippen LogP contribution in [0, 0.1) is 0 Å². The normalized spacial score (nSPS) is 14.6. The first kappa shape index (κ1) is 16.1. The fraction of sp³-hybridized carbons (Fsp3) is 0.500. The highest BCUT2D eigenvalue weighted by molar-refractivity contribution is 5.77. The molecule has 0 spiro atoms. The van der Waals surface area contributed by atoms with Crippen molar-refractivity contribution >= 4 is 18.0 Å². The molecule has 0 saturated carbocycles. The van der Waals surface area contributed by atoms with Crippen molar-refractivity contribution in [3.05, 3.63) is 24.3 Å². The van der Waals surface area contributed by atoms with Crippen LogP contribution in [0.25, 0.3) is 0 Å². The van der Waals surface area contributed by atoms with Gasteiger partial charge in [0.05, 0.1) is 6.61 Å². The molecule has 1 saturated heterocycles. The van der Waals surface area contributed by atoms with Gasteiger partial charge in [0.25, 0.3) is 0 Å². The predicted octanol–water partition coefficient (Wildman–Crippen LogP) is 1.19. The fourth-order valence-corrected chi connectivity index (χ4v) is 2.38. The number of carbonyl (C=O) groups excluding carboxylic acids is 2. The van der Waals surface area contributed by atoms with Crippen LogP contribution in [-0.2, 0) is 9.59 Å². The summed E-state index contributed by atoms with van der Waals surface area (Å²) in [6.07, 6.45) is 1.30. The van der Waals surface area contributed by atoms with E-state index in [1.807, 2.05) is 36.1 Å². The third-order valence-corrected chi connectivity index (χ3v) is 3.65. The van der Waals surface area contributed by atoms with Crippen LogP contribution in [0.1, 0.15) is 13.3 Å². The molecule has 6 nitrogen and oxygen atoms in total. The Kier molecular flexibility index (Phi) is 6.06. The Morgan fingerprint density at radius 1 is 1.23 bits per heavy atom. The molecule has 1 aromatic carbocycles. The second kappa shape index (κ2) is 8.26. The van der Waals surface area contributed by atoms with E-state index in [0.717, 1.165) is 17.8 Å². The molecular weight excluding hydrogens is 282 g/mol. The monoisotopic (exact) mass is 305 g/mol. The van der Waals surface area contributed by atoms with Crippen LogP contribution in [0.2, 0.25) is 0 Å². The van der Waals surface area contributed by atoms with E-state index in [0.29, 0.717) is 45.8 Å². The quantitative estimate of drug-likeness (QED) is 0.769. The van der Waals surface area contributed by atoms with Gasteiger partial charge >= 0.3 is 0 Å². The molecule has 1 aliphatic rings. The summed E-state index contributed by atoms with van der Waals surface area (Å²) in [5.41, 5.74) is 0.974. The molecule has 1 aliphatic heterocycles. The van der Waals surface area contributed by atoms with Gasteiger partial charge in [0.1, 0.15) is 5.75 Å². The minimum Gasteiger partial charge on any atom is -0.494 e. The second-order valence-corrected chi connectivity index (χ2v) is 5.16. The highest BCUT2D eigenvalue weighted by Crippen LogP contribution is 2.15. The van der Waals surface area contributed by atoms with Crippen molar-refractivity contribution in [1.82, 2.24) is 9.80 Å². The highest BCUT2D eigenvalue weighted by atomic mass is 16.5. The molecule has 120 valence electrons. The largest absolute Gasteiger partial charge is 0.494 e. The van der Waals surface area contributed by atoms with Gasteiger partial charge in [-0.1, -0.05) is 0 Å². The molecule has 0 atom stereocenters. The molecule has 2 amide bonds. The molecule has 1 N–H and O–H groups in total. The minimum atomic E-state index is 0.129. The number of anilines is 1. The summed E-state index contributed by atoms with van der Waals surface area (Å²) >= 11 is 0. The average molecular weight is 305 g/mol. The SMILES string of the molecule is CCOc1ccc(NCCC(=O)N2CCN(C=O)CC2)cc1. The van der Waals surface area contributed by atoms with Gasteiger partial charge in [0.2, 0.25) is 12.3 Å². The van der Waals surface area contributed by atoms with Crippen LogP contribution in [0.5, 0.6) is 5.75 Å². The molecule has 0 bridgehead atoms. The number of hydrogen-bond acceptors (Lipinski definition) is 4. The average Bonchev–Trinajstić information content (AvgIpc) is 2.56. The molecule has 22 heavy (non-hydrogen) atoms. The fourth-order valence-electron chi connectivity index (χ4n) is 2.38. The van der Waals surface area contributed by atoms with Crippen LogP contribution in [0.15, 0.2) is 24.3 Å². The molecule has 1 fully saturated rings. The van der Waals surface area contributed by atoms with E-state index in [1.54, 1.807) is 4.90 Å². The molecule has 6 heteroatoms. The number of amides is 2. The van der Waals surface area contributed by atoms with Gasteiger partial charge in [0.15, 0.2) is 0 Å². The minimum absolute atomic E-state index is 0.129. The first-order valence-corrected chi connectivity index (χ1v) is 7.66. The van der Waals surface area contributed by atoms with Crippen molar-refractivity contribution in [2.45, 2.75) is 13.3 Å². The van der Waals surface area contributed by atoms with Gasteiger partial charge in [-0.25, -0.2) is 0 Å². The number of carbonyl (C=O) groups is 2. The Balaban J connectivity index is 1.69. The van der Waals surface area contributed by atoms with Crippen LogP contribution < -0.4 is 10.1 Å². The number of hydrogen-bond donors (Lipinski definition) is 1. The summed E-state index contributed by atoms with van der Waals surface area (Å²) in [5, 5.41) is 3.23. The zero-order valence-corrected chi connectivity index (χ0v) is 13.0. The van der Waals surface area contributed by atoms with Gasteiger partial charge in [-0.2, -0.15) is 0 Å². The van der Waals surface area contributed by atoms with Gasteiger partial charge in [-0.3, -0.25) is 9.59 Å². The molecule has 1 heterocycles. The van der Waals surface area contributed by atoms with Crippen molar-refractivity contribution in [3.8, 4) is 5.75 Å². The standard InChI is InChI=1S/C16H23N3O3/c1-2-22-15-5-3-14(4-6-15)17-8-7-16(21)19-11-9-18(13-20)10-12-19/h3-6,13,17H,2,7-12H2,1H3. The summed E-state index contributed by atoms with van der Waals surface area (Å²) in [6, 6.07) is 7.70. The number of nitrogens with one attached hydrogen (secondary N) is 1. The van der Waals surface area contributed by atoms with E-state index in [2.05, 4.69) is 5.32 Å². The lowest BCUT2D eigenvalue weighted by Crippen LogP contribution is -2.48. The molecule has 0 radical (unpaired) electrons. The number of piperazine rings is 1. The number of benzene rings is 1. The van der Waals surface area contributed by atoms with E-state index >= 15 is 0 Å². The molecular formula is C16H23N3O3. The van der Waals surface area contributed by atoms with Crippen molar-refractivity contribution in [2.75, 3.05) is 44.6 Å². The second-order valence-electron chi connectivity index (χ2n) is 5.16. The lowest BCUT2D eigenvalue weighted by Gasteiger charge is -2.32.